The summed E-state index contributed by atoms with van der Waals surface area (Å²) in [5.74, 6) is -0.241. The molecule has 1 atom stereocenters. The summed E-state index contributed by atoms with van der Waals surface area (Å²) in [6.45, 7) is 7.33. The van der Waals surface area contributed by atoms with E-state index in [1.54, 1.807) is 12.1 Å². The number of carboxylic acid groups (broad SMARTS) is 1. The van der Waals surface area contributed by atoms with E-state index < -0.39 is 5.97 Å². The summed E-state index contributed by atoms with van der Waals surface area (Å²) in [7, 11) is 0. The smallest absolute Gasteiger partial charge is 0.336 e. The van der Waals surface area contributed by atoms with Crippen LogP contribution in [0, 0.1) is 11.3 Å². The van der Waals surface area contributed by atoms with Gasteiger partial charge in [0.2, 0.25) is 0 Å². The normalized spacial score (nSPS) is 20.1. The van der Waals surface area contributed by atoms with Gasteiger partial charge in [0.15, 0.2) is 0 Å². The summed E-state index contributed by atoms with van der Waals surface area (Å²) in [4.78, 5) is 11.1. The zero-order valence-electron chi connectivity index (χ0n) is 11.8. The molecule has 0 aliphatic heterocycles. The van der Waals surface area contributed by atoms with Crippen molar-refractivity contribution in [2.75, 3.05) is 17.6 Å². The quantitative estimate of drug-likeness (QED) is 0.713. The van der Waals surface area contributed by atoms with Crippen molar-refractivity contribution in [2.24, 2.45) is 11.3 Å². The molecular weight excluding hydrogens is 240 g/mol. The van der Waals surface area contributed by atoms with E-state index in [0.717, 1.165) is 12.2 Å². The summed E-state index contributed by atoms with van der Waals surface area (Å²) in [6.07, 6.45) is 1.85. The highest BCUT2D eigenvalue weighted by Crippen LogP contribution is 2.51. The van der Waals surface area contributed by atoms with Crippen LogP contribution in [-0.4, -0.2) is 17.6 Å². The minimum Gasteiger partial charge on any atom is -0.478 e. The first kappa shape index (κ1) is 13.7. The number of nitrogens with two attached hydrogens (primary N) is 1. The molecule has 4 nitrogen and oxygen atoms in total. The number of anilines is 2. The fourth-order valence-corrected chi connectivity index (χ4v) is 2.56. The van der Waals surface area contributed by atoms with Crippen molar-refractivity contribution in [3.8, 4) is 0 Å². The van der Waals surface area contributed by atoms with Crippen molar-refractivity contribution < 1.29 is 9.90 Å². The number of rotatable bonds is 5. The molecule has 0 spiro atoms. The van der Waals surface area contributed by atoms with Crippen LogP contribution in [-0.2, 0) is 6.42 Å². The SMILES string of the molecule is CCc1c(C(=O)O)ccc(NCC2CC2(C)C)c1N. The molecule has 0 aromatic heterocycles. The van der Waals surface area contributed by atoms with Crippen molar-refractivity contribution in [2.45, 2.75) is 33.6 Å². The Morgan fingerprint density at radius 2 is 2.16 bits per heavy atom. The molecule has 1 saturated carbocycles. The highest BCUT2D eigenvalue weighted by molar-refractivity contribution is 5.93. The van der Waals surface area contributed by atoms with Gasteiger partial charge in [-0.05, 0) is 41.9 Å². The molecule has 0 heterocycles. The van der Waals surface area contributed by atoms with Gasteiger partial charge in [-0.25, -0.2) is 4.79 Å². The van der Waals surface area contributed by atoms with Crippen LogP contribution < -0.4 is 11.1 Å². The predicted octanol–water partition coefficient (Wildman–Crippen LogP) is 2.99. The standard InChI is InChI=1S/C15H22N2O2/c1-4-10-11(14(18)19)5-6-12(13(10)16)17-8-9-7-15(9,2)3/h5-6,9,17H,4,7-8,16H2,1-3H3,(H,18,19). The minimum absolute atomic E-state index is 0.303. The van der Waals surface area contributed by atoms with Gasteiger partial charge in [0, 0.05) is 6.54 Å². The molecule has 1 fully saturated rings. The Morgan fingerprint density at radius 1 is 1.53 bits per heavy atom. The number of benzene rings is 1. The van der Waals surface area contributed by atoms with Crippen molar-refractivity contribution in [1.29, 1.82) is 0 Å². The molecule has 1 unspecified atom stereocenters. The first-order valence-electron chi connectivity index (χ1n) is 6.75. The monoisotopic (exact) mass is 262 g/mol. The molecule has 0 radical (unpaired) electrons. The van der Waals surface area contributed by atoms with Gasteiger partial charge >= 0.3 is 5.97 Å². The number of nitrogens with one attached hydrogen (secondary N) is 1. The van der Waals surface area contributed by atoms with Gasteiger partial charge in [-0.1, -0.05) is 20.8 Å². The zero-order valence-corrected chi connectivity index (χ0v) is 11.8. The molecule has 0 amide bonds. The number of nitrogen functional groups attached to an aromatic ring is 1. The lowest BCUT2D eigenvalue weighted by Gasteiger charge is -2.15. The summed E-state index contributed by atoms with van der Waals surface area (Å²) in [5, 5.41) is 12.5. The first-order chi connectivity index (χ1) is 8.86. The second-order valence-electron chi connectivity index (χ2n) is 5.98. The minimum atomic E-state index is -0.918. The van der Waals surface area contributed by atoms with Crippen LogP contribution in [0.3, 0.4) is 0 Å². The molecule has 1 aromatic carbocycles. The van der Waals surface area contributed by atoms with E-state index in [9.17, 15) is 4.79 Å². The van der Waals surface area contributed by atoms with Crippen molar-refractivity contribution >= 4 is 17.3 Å². The van der Waals surface area contributed by atoms with Crippen molar-refractivity contribution in [3.63, 3.8) is 0 Å². The van der Waals surface area contributed by atoms with Gasteiger partial charge in [0.05, 0.1) is 16.9 Å². The van der Waals surface area contributed by atoms with Gasteiger partial charge in [-0.2, -0.15) is 0 Å². The Balaban J connectivity index is 2.16. The second-order valence-corrected chi connectivity index (χ2v) is 5.98. The number of hydrogen-bond acceptors (Lipinski definition) is 3. The number of carboxylic acids is 1. The fraction of sp³-hybridized carbons (Fsp3) is 0.533. The van der Waals surface area contributed by atoms with Crippen molar-refractivity contribution in [3.05, 3.63) is 23.3 Å². The van der Waals surface area contributed by atoms with Gasteiger partial charge in [-0.3, -0.25) is 0 Å². The average molecular weight is 262 g/mol. The highest BCUT2D eigenvalue weighted by Gasteiger charge is 2.44. The largest absolute Gasteiger partial charge is 0.478 e. The Hall–Kier alpha value is -1.71. The summed E-state index contributed by atoms with van der Waals surface area (Å²) in [5.41, 5.74) is 8.95. The van der Waals surface area contributed by atoms with Gasteiger partial charge in [0.1, 0.15) is 0 Å². The first-order valence-corrected chi connectivity index (χ1v) is 6.75. The van der Waals surface area contributed by atoms with E-state index in [-0.39, 0.29) is 0 Å². The molecule has 1 aliphatic carbocycles. The molecule has 1 aromatic rings. The highest BCUT2D eigenvalue weighted by atomic mass is 16.4. The van der Waals surface area contributed by atoms with Crippen LogP contribution >= 0.6 is 0 Å². The lowest BCUT2D eigenvalue weighted by Crippen LogP contribution is -2.12. The molecule has 2 rings (SSSR count). The lowest BCUT2D eigenvalue weighted by atomic mass is 10.0. The third kappa shape index (κ3) is 2.67. The van der Waals surface area contributed by atoms with Crippen molar-refractivity contribution in [1.82, 2.24) is 0 Å². The molecule has 0 bridgehead atoms. The van der Waals surface area contributed by atoms with E-state index in [1.165, 1.54) is 6.42 Å². The van der Waals surface area contributed by atoms with E-state index in [0.29, 0.717) is 34.6 Å². The van der Waals surface area contributed by atoms with Crippen LogP contribution in [0.15, 0.2) is 12.1 Å². The van der Waals surface area contributed by atoms with Crippen LogP contribution in [0.25, 0.3) is 0 Å². The zero-order chi connectivity index (χ0) is 14.2. The maximum atomic E-state index is 11.1. The Kier molecular flexibility index (Phi) is 3.43. The summed E-state index contributed by atoms with van der Waals surface area (Å²) in [6, 6.07) is 3.41. The molecule has 0 saturated heterocycles. The summed E-state index contributed by atoms with van der Waals surface area (Å²) >= 11 is 0. The molecule has 1 aliphatic rings. The fourth-order valence-electron chi connectivity index (χ4n) is 2.56. The third-order valence-electron chi connectivity index (χ3n) is 4.20. The number of aromatic carboxylic acids is 1. The maximum absolute atomic E-state index is 11.1. The molecule has 19 heavy (non-hydrogen) atoms. The van der Waals surface area contributed by atoms with Crippen LogP contribution in [0.4, 0.5) is 11.4 Å². The molecular formula is C15H22N2O2. The second kappa shape index (κ2) is 4.76. The molecule has 4 heteroatoms. The van der Waals surface area contributed by atoms with Gasteiger partial charge in [0.25, 0.3) is 0 Å². The van der Waals surface area contributed by atoms with Crippen LogP contribution in [0.1, 0.15) is 43.1 Å². The van der Waals surface area contributed by atoms with Gasteiger partial charge < -0.3 is 16.2 Å². The third-order valence-corrected chi connectivity index (χ3v) is 4.20. The predicted molar refractivity (Wildman–Crippen MR) is 77.6 cm³/mol. The summed E-state index contributed by atoms with van der Waals surface area (Å²) < 4.78 is 0. The Labute approximate surface area is 114 Å². The molecule has 104 valence electrons. The average Bonchev–Trinajstić information content (AvgIpc) is 2.94. The lowest BCUT2D eigenvalue weighted by molar-refractivity contribution is 0.0696. The van der Waals surface area contributed by atoms with Gasteiger partial charge in [-0.15, -0.1) is 0 Å². The number of carbonyl (C=O) groups is 1. The Morgan fingerprint density at radius 3 is 2.63 bits per heavy atom. The van der Waals surface area contributed by atoms with E-state index in [2.05, 4.69) is 19.2 Å². The van der Waals surface area contributed by atoms with E-state index in [4.69, 9.17) is 10.8 Å². The Bertz CT molecular complexity index is 509. The maximum Gasteiger partial charge on any atom is 0.336 e. The van der Waals surface area contributed by atoms with Crippen LogP contribution in [0.2, 0.25) is 0 Å². The van der Waals surface area contributed by atoms with E-state index >= 15 is 0 Å². The molecule has 4 N–H and O–H groups in total. The number of hydrogen-bond donors (Lipinski definition) is 3. The topological polar surface area (TPSA) is 75.3 Å². The van der Waals surface area contributed by atoms with E-state index in [1.807, 2.05) is 6.92 Å². The van der Waals surface area contributed by atoms with Crippen LogP contribution in [0.5, 0.6) is 0 Å².